The van der Waals surface area contributed by atoms with Crippen molar-refractivity contribution < 1.29 is 19.4 Å². The summed E-state index contributed by atoms with van der Waals surface area (Å²) < 4.78 is 5.81. The summed E-state index contributed by atoms with van der Waals surface area (Å²) in [6.07, 6.45) is 2.90. The van der Waals surface area contributed by atoms with Crippen LogP contribution in [0.25, 0.3) is 11.1 Å². The highest BCUT2D eigenvalue weighted by Crippen LogP contribution is 2.45. The van der Waals surface area contributed by atoms with Gasteiger partial charge in [0.15, 0.2) is 0 Å². The average molecular weight is 391 g/mol. The summed E-state index contributed by atoms with van der Waals surface area (Å²) in [4.78, 5) is 26.3. The largest absolute Gasteiger partial charge is 0.481 e. The van der Waals surface area contributed by atoms with Crippen molar-refractivity contribution in [2.75, 3.05) is 13.2 Å². The molecule has 3 atom stereocenters. The molecule has 5 nitrogen and oxygen atoms in total. The summed E-state index contributed by atoms with van der Waals surface area (Å²) in [6, 6.07) is 16.6. The van der Waals surface area contributed by atoms with Crippen molar-refractivity contribution in [1.82, 2.24) is 4.90 Å². The average Bonchev–Trinajstić information content (AvgIpc) is 3.31. The smallest absolute Gasteiger partial charge is 0.410 e. The van der Waals surface area contributed by atoms with Crippen LogP contribution in [0.1, 0.15) is 42.7 Å². The maximum absolute atomic E-state index is 12.9. The molecule has 0 unspecified atom stereocenters. The summed E-state index contributed by atoms with van der Waals surface area (Å²) in [7, 11) is 0. The second kappa shape index (κ2) is 7.21. The molecular weight excluding hydrogens is 366 g/mol. The maximum atomic E-state index is 12.9. The summed E-state index contributed by atoms with van der Waals surface area (Å²) in [5.74, 6) is -0.959. The van der Waals surface area contributed by atoms with Gasteiger partial charge in [-0.05, 0) is 47.4 Å². The first kappa shape index (κ1) is 18.2. The fourth-order valence-corrected chi connectivity index (χ4v) is 5.69. The lowest BCUT2D eigenvalue weighted by molar-refractivity contribution is -0.145. The molecule has 2 aromatic rings. The molecule has 2 aliphatic carbocycles. The number of carbonyl (C=O) groups excluding carboxylic acids is 1. The minimum Gasteiger partial charge on any atom is -0.481 e. The van der Waals surface area contributed by atoms with E-state index in [2.05, 4.69) is 24.3 Å². The summed E-state index contributed by atoms with van der Waals surface area (Å²) >= 11 is 0. The Morgan fingerprint density at radius 3 is 2.28 bits per heavy atom. The van der Waals surface area contributed by atoms with Crippen LogP contribution in [0.5, 0.6) is 0 Å². The number of fused-ring (bicyclic) bond motifs is 4. The van der Waals surface area contributed by atoms with E-state index in [1.54, 1.807) is 4.90 Å². The second-order valence-electron chi connectivity index (χ2n) is 8.39. The number of aliphatic carboxylic acids is 1. The van der Waals surface area contributed by atoms with Gasteiger partial charge in [-0.3, -0.25) is 4.79 Å². The van der Waals surface area contributed by atoms with Crippen LogP contribution in [0.4, 0.5) is 4.79 Å². The number of nitrogens with zero attached hydrogens (tertiary/aromatic N) is 1. The van der Waals surface area contributed by atoms with Gasteiger partial charge in [0.05, 0.1) is 5.92 Å². The molecule has 5 heteroatoms. The predicted octanol–water partition coefficient (Wildman–Crippen LogP) is 4.51. The minimum absolute atomic E-state index is 0.000463. The van der Waals surface area contributed by atoms with Crippen LogP contribution in [0.2, 0.25) is 0 Å². The van der Waals surface area contributed by atoms with Gasteiger partial charge in [0, 0.05) is 18.5 Å². The lowest BCUT2D eigenvalue weighted by Crippen LogP contribution is -2.43. The Hall–Kier alpha value is -2.82. The molecule has 1 amide bonds. The minimum atomic E-state index is -0.728. The molecule has 0 spiro atoms. The molecule has 1 saturated heterocycles. The quantitative estimate of drug-likeness (QED) is 0.836. The molecule has 5 rings (SSSR count). The van der Waals surface area contributed by atoms with E-state index in [0.29, 0.717) is 13.2 Å². The van der Waals surface area contributed by atoms with Crippen molar-refractivity contribution in [3.05, 3.63) is 59.7 Å². The molecule has 150 valence electrons. The van der Waals surface area contributed by atoms with E-state index in [9.17, 15) is 14.7 Å². The standard InChI is InChI=1S/C24H25NO4/c26-23(27)20-10-5-11-22-19(20)12-13-25(22)24(28)29-14-21-17-8-3-1-6-15(17)16-7-2-4-9-18(16)21/h1-4,6-9,19-22H,5,10-14H2,(H,26,27)/t19-,20+,22+/m0/s1. The Kier molecular flexibility index (Phi) is 4.53. The third-order valence-corrected chi connectivity index (χ3v) is 7.02. The molecular formula is C24H25NO4. The van der Waals surface area contributed by atoms with Crippen molar-refractivity contribution in [2.45, 2.75) is 37.6 Å². The number of ether oxygens (including phenoxy) is 1. The Labute approximate surface area is 170 Å². The number of carboxylic acid groups (broad SMARTS) is 1. The van der Waals surface area contributed by atoms with Gasteiger partial charge < -0.3 is 14.7 Å². The highest BCUT2D eigenvalue weighted by atomic mass is 16.6. The third kappa shape index (κ3) is 3.00. The first-order valence-electron chi connectivity index (χ1n) is 10.5. The number of hydrogen-bond donors (Lipinski definition) is 1. The van der Waals surface area contributed by atoms with Gasteiger partial charge in [0.1, 0.15) is 6.61 Å². The van der Waals surface area contributed by atoms with Gasteiger partial charge in [0.2, 0.25) is 0 Å². The van der Waals surface area contributed by atoms with Crippen molar-refractivity contribution in [2.24, 2.45) is 11.8 Å². The summed E-state index contributed by atoms with van der Waals surface area (Å²) in [6.45, 7) is 0.902. The number of amides is 1. The molecule has 1 N–H and O–H groups in total. The van der Waals surface area contributed by atoms with Crippen molar-refractivity contribution in [3.63, 3.8) is 0 Å². The number of benzene rings is 2. The molecule has 2 fully saturated rings. The number of likely N-dealkylation sites (tertiary alicyclic amines) is 1. The third-order valence-electron chi connectivity index (χ3n) is 7.02. The van der Waals surface area contributed by atoms with Gasteiger partial charge >= 0.3 is 12.1 Å². The number of carbonyl (C=O) groups is 2. The molecule has 0 bridgehead atoms. The monoisotopic (exact) mass is 391 g/mol. The van der Waals surface area contributed by atoms with Gasteiger partial charge in [-0.15, -0.1) is 0 Å². The first-order chi connectivity index (χ1) is 14.1. The van der Waals surface area contributed by atoms with Crippen LogP contribution in [-0.2, 0) is 9.53 Å². The van der Waals surface area contributed by atoms with Crippen molar-refractivity contribution in [1.29, 1.82) is 0 Å². The zero-order valence-electron chi connectivity index (χ0n) is 16.3. The van der Waals surface area contributed by atoms with E-state index in [0.717, 1.165) is 25.7 Å². The first-order valence-corrected chi connectivity index (χ1v) is 10.5. The summed E-state index contributed by atoms with van der Waals surface area (Å²) in [5, 5.41) is 9.51. The predicted molar refractivity (Wildman–Crippen MR) is 109 cm³/mol. The molecule has 29 heavy (non-hydrogen) atoms. The van der Waals surface area contributed by atoms with Crippen molar-refractivity contribution >= 4 is 12.1 Å². The SMILES string of the molecule is O=C(O)[C@@H]1CCC[C@@H]2[C@H]1CCN2C(=O)OCC1c2ccccc2-c2ccccc21. The van der Waals surface area contributed by atoms with Crippen LogP contribution in [0.15, 0.2) is 48.5 Å². The normalized spacial score (nSPS) is 25.2. The van der Waals surface area contributed by atoms with E-state index in [1.807, 2.05) is 24.3 Å². The highest BCUT2D eigenvalue weighted by Gasteiger charge is 2.46. The molecule has 3 aliphatic rings. The van der Waals surface area contributed by atoms with E-state index in [-0.39, 0.29) is 29.9 Å². The highest BCUT2D eigenvalue weighted by molar-refractivity contribution is 5.79. The molecule has 1 heterocycles. The van der Waals surface area contributed by atoms with Crippen LogP contribution in [0, 0.1) is 11.8 Å². The van der Waals surface area contributed by atoms with Crippen LogP contribution >= 0.6 is 0 Å². The number of hydrogen-bond acceptors (Lipinski definition) is 3. The maximum Gasteiger partial charge on any atom is 0.410 e. The topological polar surface area (TPSA) is 66.8 Å². The number of rotatable bonds is 3. The Morgan fingerprint density at radius 1 is 0.966 bits per heavy atom. The second-order valence-corrected chi connectivity index (χ2v) is 8.39. The Morgan fingerprint density at radius 2 is 1.62 bits per heavy atom. The fourth-order valence-electron chi connectivity index (χ4n) is 5.69. The van der Waals surface area contributed by atoms with Crippen LogP contribution in [0.3, 0.4) is 0 Å². The molecule has 0 aromatic heterocycles. The van der Waals surface area contributed by atoms with Crippen molar-refractivity contribution in [3.8, 4) is 11.1 Å². The van der Waals surface area contributed by atoms with Gasteiger partial charge in [-0.1, -0.05) is 55.0 Å². The van der Waals surface area contributed by atoms with Gasteiger partial charge in [0.25, 0.3) is 0 Å². The summed E-state index contributed by atoms with van der Waals surface area (Å²) in [5.41, 5.74) is 4.82. The molecule has 2 aromatic carbocycles. The van der Waals surface area contributed by atoms with Gasteiger partial charge in [-0.2, -0.15) is 0 Å². The molecule has 0 radical (unpaired) electrons. The van der Waals surface area contributed by atoms with E-state index < -0.39 is 5.97 Å². The zero-order valence-corrected chi connectivity index (χ0v) is 16.3. The lowest BCUT2D eigenvalue weighted by atomic mass is 9.76. The van der Waals surface area contributed by atoms with Gasteiger partial charge in [-0.25, -0.2) is 4.79 Å². The Balaban J connectivity index is 1.31. The Bertz CT molecular complexity index is 910. The number of carboxylic acids is 1. The van der Waals surface area contributed by atoms with E-state index in [1.165, 1.54) is 22.3 Å². The van der Waals surface area contributed by atoms with E-state index in [4.69, 9.17) is 4.74 Å². The zero-order chi connectivity index (χ0) is 20.0. The van der Waals surface area contributed by atoms with Crippen LogP contribution < -0.4 is 0 Å². The molecule has 1 saturated carbocycles. The fraction of sp³-hybridized carbons (Fsp3) is 0.417. The van der Waals surface area contributed by atoms with E-state index >= 15 is 0 Å². The molecule has 1 aliphatic heterocycles. The van der Waals surface area contributed by atoms with Crippen LogP contribution in [-0.4, -0.2) is 41.3 Å². The lowest BCUT2D eigenvalue weighted by Gasteiger charge is -2.34.